The van der Waals surface area contributed by atoms with Gasteiger partial charge in [-0.3, -0.25) is 4.79 Å². The van der Waals surface area contributed by atoms with Crippen LogP contribution in [0.4, 0.5) is 0 Å². The van der Waals surface area contributed by atoms with Gasteiger partial charge < -0.3 is 4.18 Å². The Balaban J connectivity index is 3.68. The lowest BCUT2D eigenvalue weighted by Crippen LogP contribution is -1.96. The van der Waals surface area contributed by atoms with E-state index < -0.39 is 0 Å². The van der Waals surface area contributed by atoms with Crippen LogP contribution in [0, 0.1) is 0 Å². The van der Waals surface area contributed by atoms with Gasteiger partial charge in [0.1, 0.15) is 0 Å². The van der Waals surface area contributed by atoms with Gasteiger partial charge in [0.05, 0.1) is 12.0 Å². The number of hydrogen-bond acceptors (Lipinski definition) is 3. The second-order valence-electron chi connectivity index (χ2n) is 5.77. The summed E-state index contributed by atoms with van der Waals surface area (Å²) >= 11 is 1.11. The van der Waals surface area contributed by atoms with Crippen molar-refractivity contribution in [2.75, 3.05) is 6.26 Å². The molecule has 0 unspecified atom stereocenters. The molecule has 3 heteroatoms. The van der Waals surface area contributed by atoms with Crippen molar-refractivity contribution in [3.8, 4) is 0 Å². The quantitative estimate of drug-likeness (QED) is 0.187. The fraction of sp³-hybridized carbons (Fsp3) is 0.500. The van der Waals surface area contributed by atoms with Crippen LogP contribution in [0.1, 0.15) is 65.2 Å². The van der Waals surface area contributed by atoms with Crippen LogP contribution in [0.5, 0.6) is 0 Å². The third-order valence-electron chi connectivity index (χ3n) is 3.42. The van der Waals surface area contributed by atoms with Crippen LogP contribution in [0.3, 0.4) is 0 Å². The first-order valence-corrected chi connectivity index (χ1v) is 10.3. The van der Waals surface area contributed by atoms with Crippen LogP contribution in [-0.2, 0) is 8.98 Å². The maximum Gasteiger partial charge on any atom is 0.317 e. The third-order valence-corrected chi connectivity index (χ3v) is 3.77. The van der Waals surface area contributed by atoms with Crippen molar-refractivity contribution in [2.24, 2.45) is 0 Å². The molecule has 0 aromatic heterocycles. The Hall–Kier alpha value is -1.48. The number of carbonyl (C=O) groups excluding carboxylic acids is 1. The number of rotatable bonds is 14. The van der Waals surface area contributed by atoms with Crippen molar-refractivity contribution in [3.05, 3.63) is 60.3 Å². The van der Waals surface area contributed by atoms with Crippen molar-refractivity contribution in [2.45, 2.75) is 65.2 Å². The Morgan fingerprint density at radius 2 is 1.56 bits per heavy atom. The summed E-state index contributed by atoms with van der Waals surface area (Å²) in [7, 11) is 0. The highest BCUT2D eigenvalue weighted by Gasteiger charge is 1.99. The molecule has 0 spiro atoms. The van der Waals surface area contributed by atoms with E-state index in [0.717, 1.165) is 57.0 Å². The van der Waals surface area contributed by atoms with Crippen LogP contribution < -0.4 is 0 Å². The van der Waals surface area contributed by atoms with E-state index in [0.29, 0.717) is 6.42 Å². The fourth-order valence-electron chi connectivity index (χ4n) is 2.04. The molecule has 25 heavy (non-hydrogen) atoms. The van der Waals surface area contributed by atoms with E-state index in [1.807, 2.05) is 0 Å². The highest BCUT2D eigenvalue weighted by atomic mass is 32.2. The van der Waals surface area contributed by atoms with Gasteiger partial charge in [0.15, 0.2) is 0 Å². The van der Waals surface area contributed by atoms with Gasteiger partial charge in [0.2, 0.25) is 0 Å². The van der Waals surface area contributed by atoms with E-state index in [-0.39, 0.29) is 5.97 Å². The van der Waals surface area contributed by atoms with Gasteiger partial charge in [-0.15, -0.1) is 0 Å². The fourth-order valence-corrected chi connectivity index (χ4v) is 2.31. The Labute approximate surface area is 159 Å². The zero-order valence-corrected chi connectivity index (χ0v) is 16.9. The molecule has 0 aliphatic heterocycles. The number of allylic oxidation sites excluding steroid dienone is 10. The van der Waals surface area contributed by atoms with Gasteiger partial charge in [-0.25, -0.2) is 0 Å². The number of carbonyl (C=O) groups is 1. The molecule has 0 aromatic carbocycles. The Bertz CT molecular complexity index is 470. The van der Waals surface area contributed by atoms with Crippen molar-refractivity contribution in [1.82, 2.24) is 0 Å². The molecule has 0 fully saturated rings. The first-order valence-electron chi connectivity index (χ1n) is 9.19. The minimum absolute atomic E-state index is 0.129. The summed E-state index contributed by atoms with van der Waals surface area (Å²) in [6.45, 7) is 4.33. The molecule has 140 valence electrons. The maximum absolute atomic E-state index is 11.1. The monoisotopic (exact) mass is 362 g/mol. The molecule has 0 aliphatic carbocycles. The summed E-state index contributed by atoms with van der Waals surface area (Å²) in [4.78, 5) is 11.1. The zero-order valence-electron chi connectivity index (χ0n) is 16.1. The standard InChI is InChI=1S/C22H34O2S/c1-4-5-6-7-9-12-15-18-21(2)19-16-13-10-8-11-14-17-20-22(23)24-25-3/h5-6,8-9,11-13,16,18H,4,7,10,14-15,17,19-20H2,1-3H3. The predicted octanol–water partition coefficient (Wildman–Crippen LogP) is 7.12. The molecule has 0 aliphatic rings. The molecule has 0 atom stereocenters. The average Bonchev–Trinajstić information content (AvgIpc) is 2.59. The van der Waals surface area contributed by atoms with Crippen LogP contribution in [-0.4, -0.2) is 12.2 Å². The molecule has 0 N–H and O–H groups in total. The molecule has 0 saturated carbocycles. The largest absolute Gasteiger partial charge is 0.392 e. The molecule has 0 amide bonds. The van der Waals surface area contributed by atoms with Crippen molar-refractivity contribution in [3.63, 3.8) is 0 Å². The first-order chi connectivity index (χ1) is 12.2. The highest BCUT2D eigenvalue weighted by Crippen LogP contribution is 2.06. The van der Waals surface area contributed by atoms with Crippen LogP contribution >= 0.6 is 12.0 Å². The first kappa shape index (κ1) is 23.5. The number of hydrogen-bond donors (Lipinski definition) is 0. The van der Waals surface area contributed by atoms with E-state index in [1.54, 1.807) is 6.26 Å². The molecular formula is C22H34O2S. The van der Waals surface area contributed by atoms with Crippen molar-refractivity contribution >= 4 is 18.0 Å². The SMILES string of the molecule is CCC=CCC=CCC=C(C)CC=CCC=CCCCC(=O)OSC. The number of unbranched alkanes of at least 4 members (excludes halogenated alkanes) is 1. The van der Waals surface area contributed by atoms with E-state index in [2.05, 4.69) is 68.5 Å². The Morgan fingerprint density at radius 1 is 0.920 bits per heavy atom. The normalized spacial score (nSPS) is 13.0. The molecular weight excluding hydrogens is 328 g/mol. The van der Waals surface area contributed by atoms with E-state index in [9.17, 15) is 4.79 Å². The molecule has 0 rings (SSSR count). The molecule has 0 radical (unpaired) electrons. The summed E-state index contributed by atoms with van der Waals surface area (Å²) in [5.41, 5.74) is 1.40. The highest BCUT2D eigenvalue weighted by molar-refractivity contribution is 7.94. The second kappa shape index (κ2) is 18.9. The minimum Gasteiger partial charge on any atom is -0.392 e. The molecule has 0 bridgehead atoms. The van der Waals surface area contributed by atoms with Crippen LogP contribution in [0.2, 0.25) is 0 Å². The lowest BCUT2D eigenvalue weighted by atomic mass is 10.1. The van der Waals surface area contributed by atoms with Gasteiger partial charge in [0, 0.05) is 12.7 Å². The smallest absolute Gasteiger partial charge is 0.317 e. The van der Waals surface area contributed by atoms with Gasteiger partial charge in [-0.2, -0.15) is 0 Å². The summed E-state index contributed by atoms with van der Waals surface area (Å²) in [5, 5.41) is 0. The van der Waals surface area contributed by atoms with E-state index in [4.69, 9.17) is 4.18 Å². The van der Waals surface area contributed by atoms with Crippen molar-refractivity contribution < 1.29 is 8.98 Å². The molecule has 2 nitrogen and oxygen atoms in total. The predicted molar refractivity (Wildman–Crippen MR) is 113 cm³/mol. The molecule has 0 aromatic rings. The third kappa shape index (κ3) is 18.7. The van der Waals surface area contributed by atoms with Crippen LogP contribution in [0.25, 0.3) is 0 Å². The Morgan fingerprint density at radius 3 is 2.28 bits per heavy atom. The second-order valence-corrected chi connectivity index (χ2v) is 6.27. The van der Waals surface area contributed by atoms with Gasteiger partial charge in [-0.05, 0) is 51.9 Å². The van der Waals surface area contributed by atoms with E-state index >= 15 is 0 Å². The van der Waals surface area contributed by atoms with Gasteiger partial charge in [0.25, 0.3) is 0 Å². The van der Waals surface area contributed by atoms with Gasteiger partial charge >= 0.3 is 5.97 Å². The van der Waals surface area contributed by atoms with E-state index in [1.165, 1.54) is 5.57 Å². The Kier molecular flexibility index (Phi) is 17.7. The average molecular weight is 363 g/mol. The lowest BCUT2D eigenvalue weighted by molar-refractivity contribution is -0.133. The maximum atomic E-state index is 11.1. The minimum atomic E-state index is -0.129. The van der Waals surface area contributed by atoms with Crippen LogP contribution in [0.15, 0.2) is 60.3 Å². The zero-order chi connectivity index (χ0) is 18.6. The molecule has 0 saturated heterocycles. The molecule has 0 heterocycles. The van der Waals surface area contributed by atoms with Gasteiger partial charge in [-0.1, -0.05) is 67.2 Å². The van der Waals surface area contributed by atoms with Crippen molar-refractivity contribution in [1.29, 1.82) is 0 Å². The summed E-state index contributed by atoms with van der Waals surface area (Å²) in [6, 6.07) is 0. The lowest BCUT2D eigenvalue weighted by Gasteiger charge is -1.97. The summed E-state index contributed by atoms with van der Waals surface area (Å²) in [6.07, 6.45) is 29.0. The summed E-state index contributed by atoms with van der Waals surface area (Å²) < 4.78 is 4.81. The topological polar surface area (TPSA) is 26.3 Å². The summed E-state index contributed by atoms with van der Waals surface area (Å²) in [5.74, 6) is -0.129.